The molecule has 0 bridgehead atoms. The maximum atomic E-state index is 6.23. The summed E-state index contributed by atoms with van der Waals surface area (Å²) in [6.07, 6.45) is 0. The largest absolute Gasteiger partial charge is 0.322 e. The molecule has 4 rings (SSSR count). The van der Waals surface area contributed by atoms with E-state index in [9.17, 15) is 0 Å². The number of amidine groups is 1. The van der Waals surface area contributed by atoms with Crippen molar-refractivity contribution in [1.82, 2.24) is 0 Å². The summed E-state index contributed by atoms with van der Waals surface area (Å²) in [4.78, 5) is 7.25. The summed E-state index contributed by atoms with van der Waals surface area (Å²) in [6, 6.07) is 27.2. The Balaban J connectivity index is 1.81. The molecule has 0 fully saturated rings. The first-order chi connectivity index (χ1) is 12.5. The molecule has 0 aromatic heterocycles. The smallest absolute Gasteiger partial charge is 0.141 e. The number of para-hydroxylation sites is 2. The highest BCUT2D eigenvalue weighted by Gasteiger charge is 2.23. The Morgan fingerprint density at radius 2 is 1.50 bits per heavy atom. The van der Waals surface area contributed by atoms with Crippen LogP contribution in [0.4, 0.5) is 11.4 Å². The molecule has 0 saturated heterocycles. The molecule has 26 heavy (non-hydrogen) atoms. The minimum absolute atomic E-state index is 0.349. The molecule has 0 radical (unpaired) electrons. The number of nitrogens with two attached hydrogens (primary N) is 1. The summed E-state index contributed by atoms with van der Waals surface area (Å²) < 4.78 is 0. The molecular weight excluding hydrogens is 318 g/mol. The Hall–Kier alpha value is -2.91. The standard InChI is InChI=1S/C23H23N3/c1-23(2,24)19-14-12-17(13-15-19)22-25-21-11-7-6-8-18(21)16-26(22)20-9-4-3-5-10-20/h3-15H,16,24H2,1-2H3. The second-order valence-corrected chi connectivity index (χ2v) is 7.28. The number of anilines is 1. The first-order valence-electron chi connectivity index (χ1n) is 8.91. The number of fused-ring (bicyclic) bond motifs is 1. The van der Waals surface area contributed by atoms with Gasteiger partial charge in [0.2, 0.25) is 0 Å². The Kier molecular flexibility index (Phi) is 4.09. The Labute approximate surface area is 154 Å². The van der Waals surface area contributed by atoms with Gasteiger partial charge < -0.3 is 10.6 Å². The molecule has 0 unspecified atom stereocenters. The van der Waals surface area contributed by atoms with Crippen LogP contribution >= 0.6 is 0 Å². The van der Waals surface area contributed by atoms with E-state index in [0.717, 1.165) is 34.9 Å². The van der Waals surface area contributed by atoms with E-state index in [-0.39, 0.29) is 5.54 Å². The van der Waals surface area contributed by atoms with Crippen molar-refractivity contribution >= 4 is 17.2 Å². The lowest BCUT2D eigenvalue weighted by Gasteiger charge is -2.31. The van der Waals surface area contributed by atoms with Gasteiger partial charge in [-0.25, -0.2) is 4.99 Å². The zero-order valence-corrected chi connectivity index (χ0v) is 15.2. The molecule has 130 valence electrons. The van der Waals surface area contributed by atoms with Crippen LogP contribution in [0, 0.1) is 0 Å². The fraction of sp³-hybridized carbons (Fsp3) is 0.174. The molecule has 1 heterocycles. The van der Waals surface area contributed by atoms with Crippen molar-refractivity contribution < 1.29 is 0 Å². The van der Waals surface area contributed by atoms with Crippen molar-refractivity contribution in [3.05, 3.63) is 95.6 Å². The van der Waals surface area contributed by atoms with Crippen LogP contribution in [0.15, 0.2) is 83.9 Å². The number of hydrogen-bond acceptors (Lipinski definition) is 3. The summed E-state index contributed by atoms with van der Waals surface area (Å²) in [6.45, 7) is 4.85. The number of rotatable bonds is 3. The third-order valence-electron chi connectivity index (χ3n) is 4.76. The third-order valence-corrected chi connectivity index (χ3v) is 4.76. The van der Waals surface area contributed by atoms with E-state index in [2.05, 4.69) is 71.6 Å². The summed E-state index contributed by atoms with van der Waals surface area (Å²) in [7, 11) is 0. The van der Waals surface area contributed by atoms with E-state index in [1.54, 1.807) is 0 Å². The van der Waals surface area contributed by atoms with Gasteiger partial charge in [0.05, 0.1) is 12.2 Å². The van der Waals surface area contributed by atoms with Crippen LogP contribution in [0.5, 0.6) is 0 Å². The Morgan fingerprint density at radius 1 is 0.846 bits per heavy atom. The van der Waals surface area contributed by atoms with Crippen LogP contribution in [0.25, 0.3) is 0 Å². The zero-order valence-electron chi connectivity index (χ0n) is 15.2. The van der Waals surface area contributed by atoms with Crippen LogP contribution in [-0.4, -0.2) is 5.84 Å². The second kappa shape index (κ2) is 6.43. The SMILES string of the molecule is CC(C)(N)c1ccc(C2=Nc3ccccc3CN2c2ccccc2)cc1. The van der Waals surface area contributed by atoms with Gasteiger partial charge in [-0.3, -0.25) is 0 Å². The van der Waals surface area contributed by atoms with Crippen molar-refractivity contribution in [3.8, 4) is 0 Å². The van der Waals surface area contributed by atoms with Gasteiger partial charge >= 0.3 is 0 Å². The number of hydrogen-bond donors (Lipinski definition) is 1. The van der Waals surface area contributed by atoms with E-state index in [4.69, 9.17) is 10.7 Å². The summed E-state index contributed by atoms with van der Waals surface area (Å²) in [5, 5.41) is 0. The average Bonchev–Trinajstić information content (AvgIpc) is 2.67. The molecule has 3 nitrogen and oxygen atoms in total. The maximum absolute atomic E-state index is 6.23. The van der Waals surface area contributed by atoms with Crippen LogP contribution in [-0.2, 0) is 12.1 Å². The normalized spacial score (nSPS) is 14.0. The highest BCUT2D eigenvalue weighted by atomic mass is 15.2. The lowest BCUT2D eigenvalue weighted by Crippen LogP contribution is -2.33. The van der Waals surface area contributed by atoms with E-state index in [1.807, 2.05) is 26.0 Å². The fourth-order valence-corrected chi connectivity index (χ4v) is 3.26. The molecule has 0 spiro atoms. The fourth-order valence-electron chi connectivity index (χ4n) is 3.26. The number of nitrogens with zero attached hydrogens (tertiary/aromatic N) is 2. The summed E-state index contributed by atoms with van der Waals surface area (Å²) in [5.74, 6) is 0.969. The molecule has 2 N–H and O–H groups in total. The van der Waals surface area contributed by atoms with Crippen molar-refractivity contribution in [2.75, 3.05) is 4.90 Å². The number of benzene rings is 3. The molecule has 3 aromatic carbocycles. The van der Waals surface area contributed by atoms with E-state index in [0.29, 0.717) is 0 Å². The third kappa shape index (κ3) is 3.14. The van der Waals surface area contributed by atoms with Gasteiger partial charge in [-0.1, -0.05) is 60.7 Å². The second-order valence-electron chi connectivity index (χ2n) is 7.28. The van der Waals surface area contributed by atoms with Gasteiger partial charge in [0, 0.05) is 16.8 Å². The molecule has 0 aliphatic carbocycles. The van der Waals surface area contributed by atoms with Crippen LogP contribution < -0.4 is 10.6 Å². The summed E-state index contributed by atoms with van der Waals surface area (Å²) in [5.41, 5.74) is 11.5. The van der Waals surface area contributed by atoms with Crippen molar-refractivity contribution in [1.29, 1.82) is 0 Å². The molecular formula is C23H23N3. The average molecular weight is 341 g/mol. The summed E-state index contributed by atoms with van der Waals surface area (Å²) >= 11 is 0. The van der Waals surface area contributed by atoms with Crippen molar-refractivity contribution in [2.24, 2.45) is 10.7 Å². The predicted octanol–water partition coefficient (Wildman–Crippen LogP) is 4.98. The van der Waals surface area contributed by atoms with Gasteiger partial charge in [0.15, 0.2) is 0 Å². The molecule has 1 aliphatic rings. The Bertz CT molecular complexity index is 935. The van der Waals surface area contributed by atoms with Gasteiger partial charge in [-0.05, 0) is 43.2 Å². The van der Waals surface area contributed by atoms with Crippen LogP contribution in [0.3, 0.4) is 0 Å². The van der Waals surface area contributed by atoms with E-state index < -0.39 is 0 Å². The minimum Gasteiger partial charge on any atom is -0.322 e. The highest BCUT2D eigenvalue weighted by Crippen LogP contribution is 2.31. The quantitative estimate of drug-likeness (QED) is 0.730. The number of aliphatic imine (C=N–C) groups is 1. The zero-order chi connectivity index (χ0) is 18.1. The molecule has 0 atom stereocenters. The molecule has 0 saturated carbocycles. The van der Waals surface area contributed by atoms with Crippen LogP contribution in [0.1, 0.15) is 30.5 Å². The molecule has 0 amide bonds. The van der Waals surface area contributed by atoms with Crippen molar-refractivity contribution in [3.63, 3.8) is 0 Å². The lowest BCUT2D eigenvalue weighted by atomic mass is 9.94. The molecule has 1 aliphatic heterocycles. The van der Waals surface area contributed by atoms with Crippen molar-refractivity contribution in [2.45, 2.75) is 25.9 Å². The lowest BCUT2D eigenvalue weighted by molar-refractivity contribution is 0.554. The molecule has 3 heteroatoms. The maximum Gasteiger partial charge on any atom is 0.141 e. The van der Waals surface area contributed by atoms with Crippen LogP contribution in [0.2, 0.25) is 0 Å². The monoisotopic (exact) mass is 341 g/mol. The van der Waals surface area contributed by atoms with E-state index >= 15 is 0 Å². The predicted molar refractivity (Wildman–Crippen MR) is 109 cm³/mol. The Morgan fingerprint density at radius 3 is 2.19 bits per heavy atom. The first kappa shape index (κ1) is 16.6. The minimum atomic E-state index is -0.349. The van der Waals surface area contributed by atoms with Gasteiger partial charge in [0.1, 0.15) is 5.84 Å². The molecule has 3 aromatic rings. The highest BCUT2D eigenvalue weighted by molar-refractivity contribution is 6.12. The topological polar surface area (TPSA) is 41.6 Å². The van der Waals surface area contributed by atoms with E-state index in [1.165, 1.54) is 5.56 Å². The first-order valence-corrected chi connectivity index (χ1v) is 8.91. The van der Waals surface area contributed by atoms with Gasteiger partial charge in [0.25, 0.3) is 0 Å². The van der Waals surface area contributed by atoms with Gasteiger partial charge in [-0.2, -0.15) is 0 Å². The van der Waals surface area contributed by atoms with Gasteiger partial charge in [-0.15, -0.1) is 0 Å².